The first kappa shape index (κ1) is 11.1. The largest absolute Gasteiger partial charge is 0.493 e. The Balaban J connectivity index is 2.19. The predicted octanol–water partition coefficient (Wildman–Crippen LogP) is 2.84. The quantitative estimate of drug-likeness (QED) is 0.867. The van der Waals surface area contributed by atoms with Crippen LogP contribution in [0.25, 0.3) is 0 Å². The molecule has 0 aliphatic carbocycles. The molecule has 0 bridgehead atoms. The number of hydrogen-bond donors (Lipinski definition) is 0. The molecule has 1 aromatic heterocycles. The van der Waals surface area contributed by atoms with E-state index in [2.05, 4.69) is 21.0 Å². The lowest BCUT2D eigenvalue weighted by Crippen LogP contribution is -2.00. The van der Waals surface area contributed by atoms with Crippen LogP contribution in [-0.2, 0) is 6.54 Å². The lowest BCUT2D eigenvalue weighted by molar-refractivity contribution is 0.414. The van der Waals surface area contributed by atoms with Crippen LogP contribution >= 0.6 is 15.9 Å². The number of hydrogen-bond acceptors (Lipinski definition) is 2. The fourth-order valence-electron chi connectivity index (χ4n) is 1.43. The van der Waals surface area contributed by atoms with E-state index >= 15 is 0 Å². The molecular formula is C11H10BrFN2O. The highest BCUT2D eigenvalue weighted by molar-refractivity contribution is 9.10. The van der Waals surface area contributed by atoms with Crippen molar-refractivity contribution in [2.24, 2.45) is 0 Å². The number of methoxy groups -OCH3 is 1. The van der Waals surface area contributed by atoms with Crippen LogP contribution in [0.5, 0.6) is 5.75 Å². The van der Waals surface area contributed by atoms with E-state index in [0.717, 1.165) is 10.0 Å². The summed E-state index contributed by atoms with van der Waals surface area (Å²) >= 11 is 3.25. The van der Waals surface area contributed by atoms with Crippen LogP contribution in [0.3, 0.4) is 0 Å². The zero-order chi connectivity index (χ0) is 11.5. The smallest absolute Gasteiger partial charge is 0.156 e. The molecule has 5 heteroatoms. The number of aromatic nitrogens is 2. The molecule has 84 valence electrons. The second-order valence-electron chi connectivity index (χ2n) is 3.36. The van der Waals surface area contributed by atoms with E-state index in [0.29, 0.717) is 12.3 Å². The Hall–Kier alpha value is -1.36. The Labute approximate surface area is 101 Å². The normalized spacial score (nSPS) is 10.4. The molecular weight excluding hydrogens is 275 g/mol. The molecule has 1 aromatic carbocycles. The van der Waals surface area contributed by atoms with Gasteiger partial charge in [-0.1, -0.05) is 15.9 Å². The van der Waals surface area contributed by atoms with Crippen LogP contribution in [0.1, 0.15) is 5.56 Å². The summed E-state index contributed by atoms with van der Waals surface area (Å²) in [5, 5.41) is 4.10. The monoisotopic (exact) mass is 284 g/mol. The summed E-state index contributed by atoms with van der Waals surface area (Å²) in [6.45, 7) is 0.514. The highest BCUT2D eigenvalue weighted by atomic mass is 79.9. The van der Waals surface area contributed by atoms with Gasteiger partial charge in [-0.3, -0.25) is 4.68 Å². The summed E-state index contributed by atoms with van der Waals surface area (Å²) in [6, 6.07) is 4.77. The third kappa shape index (κ3) is 2.61. The van der Waals surface area contributed by atoms with E-state index in [1.165, 1.54) is 12.1 Å². The first-order chi connectivity index (χ1) is 7.67. The fourth-order valence-corrected chi connectivity index (χ4v) is 1.94. The maximum atomic E-state index is 13.1. The first-order valence-electron chi connectivity index (χ1n) is 4.69. The number of benzene rings is 1. The zero-order valence-electron chi connectivity index (χ0n) is 8.65. The van der Waals surface area contributed by atoms with Gasteiger partial charge in [0.25, 0.3) is 0 Å². The van der Waals surface area contributed by atoms with Crippen molar-refractivity contribution in [1.29, 1.82) is 0 Å². The Morgan fingerprint density at radius 3 is 2.88 bits per heavy atom. The number of halogens is 2. The van der Waals surface area contributed by atoms with Crippen molar-refractivity contribution in [3.05, 3.63) is 46.4 Å². The van der Waals surface area contributed by atoms with Crippen LogP contribution in [0, 0.1) is 5.82 Å². The first-order valence-corrected chi connectivity index (χ1v) is 5.48. The van der Waals surface area contributed by atoms with Crippen molar-refractivity contribution in [1.82, 2.24) is 9.78 Å². The molecule has 0 aliphatic rings. The van der Waals surface area contributed by atoms with E-state index in [9.17, 15) is 4.39 Å². The molecule has 0 saturated heterocycles. The third-order valence-electron chi connectivity index (χ3n) is 2.11. The van der Waals surface area contributed by atoms with Gasteiger partial charge in [0.1, 0.15) is 5.82 Å². The molecule has 0 fully saturated rings. The number of rotatable bonds is 3. The van der Waals surface area contributed by atoms with Gasteiger partial charge in [-0.15, -0.1) is 0 Å². The fraction of sp³-hybridized carbons (Fsp3) is 0.182. The van der Waals surface area contributed by atoms with Crippen LogP contribution in [0.15, 0.2) is 35.1 Å². The van der Waals surface area contributed by atoms with Gasteiger partial charge in [-0.05, 0) is 23.8 Å². The molecule has 0 unspecified atom stereocenters. The molecule has 3 nitrogen and oxygen atoms in total. The molecule has 0 N–H and O–H groups in total. The van der Waals surface area contributed by atoms with Gasteiger partial charge in [-0.2, -0.15) is 5.10 Å². The van der Waals surface area contributed by atoms with Gasteiger partial charge in [0, 0.05) is 4.47 Å². The van der Waals surface area contributed by atoms with Gasteiger partial charge >= 0.3 is 0 Å². The summed E-state index contributed by atoms with van der Waals surface area (Å²) in [4.78, 5) is 0. The van der Waals surface area contributed by atoms with Crippen molar-refractivity contribution >= 4 is 15.9 Å². The molecule has 2 aromatic rings. The van der Waals surface area contributed by atoms with Gasteiger partial charge in [0.2, 0.25) is 0 Å². The summed E-state index contributed by atoms with van der Waals surface area (Å²) in [5.74, 6) is 0.430. The van der Waals surface area contributed by atoms with Gasteiger partial charge < -0.3 is 4.74 Å². The maximum absolute atomic E-state index is 13.1. The number of ether oxygens (including phenoxy) is 1. The molecule has 0 radical (unpaired) electrons. The topological polar surface area (TPSA) is 27.1 Å². The summed E-state index contributed by atoms with van der Waals surface area (Å²) < 4.78 is 20.5. The average molecular weight is 285 g/mol. The molecule has 0 saturated carbocycles. The van der Waals surface area contributed by atoms with E-state index in [-0.39, 0.29) is 5.82 Å². The Morgan fingerprint density at radius 2 is 2.25 bits per heavy atom. The Kier molecular flexibility index (Phi) is 3.24. The van der Waals surface area contributed by atoms with Crippen molar-refractivity contribution < 1.29 is 9.13 Å². The minimum Gasteiger partial charge on any atom is -0.493 e. The molecule has 16 heavy (non-hydrogen) atoms. The molecule has 1 heterocycles. The van der Waals surface area contributed by atoms with Gasteiger partial charge in [0.15, 0.2) is 5.75 Å². The van der Waals surface area contributed by atoms with Gasteiger partial charge in [-0.25, -0.2) is 4.39 Å². The van der Waals surface area contributed by atoms with Crippen molar-refractivity contribution in [3.8, 4) is 5.75 Å². The minimum atomic E-state index is -0.261. The SMILES string of the molecule is COc1cnn(Cc2cc(F)cc(Br)c2)c1. The van der Waals surface area contributed by atoms with E-state index in [1.54, 1.807) is 24.2 Å². The maximum Gasteiger partial charge on any atom is 0.156 e. The predicted molar refractivity (Wildman–Crippen MR) is 62.0 cm³/mol. The van der Waals surface area contributed by atoms with Crippen molar-refractivity contribution in [2.45, 2.75) is 6.54 Å². The van der Waals surface area contributed by atoms with Crippen molar-refractivity contribution in [2.75, 3.05) is 7.11 Å². The standard InChI is InChI=1S/C11H10BrFN2O/c1-16-11-5-14-15(7-11)6-8-2-9(12)4-10(13)3-8/h2-5,7H,6H2,1H3. The minimum absolute atomic E-state index is 0.261. The average Bonchev–Trinajstić information content (AvgIpc) is 2.64. The second-order valence-corrected chi connectivity index (χ2v) is 4.27. The lowest BCUT2D eigenvalue weighted by atomic mass is 10.2. The summed E-state index contributed by atoms with van der Waals surface area (Å²) in [5.41, 5.74) is 0.845. The molecule has 0 atom stereocenters. The number of nitrogens with zero attached hydrogens (tertiary/aromatic N) is 2. The molecule has 0 amide bonds. The second kappa shape index (κ2) is 4.65. The summed E-state index contributed by atoms with van der Waals surface area (Å²) in [7, 11) is 1.58. The van der Waals surface area contributed by atoms with Crippen LogP contribution in [0.2, 0.25) is 0 Å². The highest BCUT2D eigenvalue weighted by Crippen LogP contribution is 2.16. The molecule has 2 rings (SSSR count). The van der Waals surface area contributed by atoms with Crippen LogP contribution in [0.4, 0.5) is 4.39 Å². The zero-order valence-corrected chi connectivity index (χ0v) is 10.2. The molecule has 0 aliphatic heterocycles. The van der Waals surface area contributed by atoms with E-state index in [1.807, 2.05) is 6.07 Å². The van der Waals surface area contributed by atoms with E-state index in [4.69, 9.17) is 4.74 Å². The lowest BCUT2D eigenvalue weighted by Gasteiger charge is -2.02. The highest BCUT2D eigenvalue weighted by Gasteiger charge is 2.02. The summed E-state index contributed by atoms with van der Waals surface area (Å²) in [6.07, 6.45) is 3.38. The van der Waals surface area contributed by atoms with Crippen LogP contribution < -0.4 is 4.74 Å². The van der Waals surface area contributed by atoms with Crippen LogP contribution in [-0.4, -0.2) is 16.9 Å². The van der Waals surface area contributed by atoms with Gasteiger partial charge in [0.05, 0.1) is 26.0 Å². The van der Waals surface area contributed by atoms with E-state index < -0.39 is 0 Å². The van der Waals surface area contributed by atoms with Crippen molar-refractivity contribution in [3.63, 3.8) is 0 Å². The molecule has 0 spiro atoms. The third-order valence-corrected chi connectivity index (χ3v) is 2.57. The Morgan fingerprint density at radius 1 is 1.44 bits per heavy atom. The Bertz CT molecular complexity index is 478.